The number of fused-ring (bicyclic) bond motifs is 1. The number of benzene rings is 4. The van der Waals surface area contributed by atoms with Gasteiger partial charge in [0.15, 0.2) is 6.04 Å². The second kappa shape index (κ2) is 12.0. The third kappa shape index (κ3) is 6.94. The normalized spacial score (nSPS) is 13.0. The number of carbonyl (C=O) groups excluding carboxylic acids is 1. The van der Waals surface area contributed by atoms with Crippen molar-refractivity contribution in [3.8, 4) is 5.75 Å². The molecule has 1 unspecified atom stereocenters. The van der Waals surface area contributed by atoms with E-state index in [4.69, 9.17) is 9.47 Å². The largest absolute Gasteiger partial charge is 0.487 e. The SMILES string of the molecule is C[C@@H](OCc1ccccc1)C(NC(=O)c1ccc2ccccc2c1OCc1ccc(C(F)(F)F)cc1)C(=O)O. The lowest BCUT2D eigenvalue weighted by molar-refractivity contribution is -0.143. The summed E-state index contributed by atoms with van der Waals surface area (Å²) in [7, 11) is 0. The van der Waals surface area contributed by atoms with E-state index in [1.54, 1.807) is 25.1 Å². The molecular formula is C30H26F3NO5. The minimum atomic E-state index is -4.46. The van der Waals surface area contributed by atoms with Crippen LogP contribution in [0.3, 0.4) is 0 Å². The second-order valence-electron chi connectivity index (χ2n) is 8.94. The molecule has 0 aliphatic heterocycles. The lowest BCUT2D eigenvalue weighted by atomic mass is 10.0. The van der Waals surface area contributed by atoms with Crippen LogP contribution in [0.15, 0.2) is 91.0 Å². The highest BCUT2D eigenvalue weighted by atomic mass is 19.4. The summed E-state index contributed by atoms with van der Waals surface area (Å²) in [5, 5.41) is 13.7. The van der Waals surface area contributed by atoms with Crippen LogP contribution >= 0.6 is 0 Å². The van der Waals surface area contributed by atoms with Gasteiger partial charge < -0.3 is 19.9 Å². The van der Waals surface area contributed by atoms with Crippen molar-refractivity contribution in [3.63, 3.8) is 0 Å². The predicted molar refractivity (Wildman–Crippen MR) is 139 cm³/mol. The van der Waals surface area contributed by atoms with Gasteiger partial charge in [0, 0.05) is 5.39 Å². The number of alkyl halides is 3. The molecule has 2 atom stereocenters. The molecule has 0 aromatic heterocycles. The minimum Gasteiger partial charge on any atom is -0.487 e. The van der Waals surface area contributed by atoms with Crippen LogP contribution in [0.25, 0.3) is 10.8 Å². The van der Waals surface area contributed by atoms with Crippen LogP contribution < -0.4 is 10.1 Å². The van der Waals surface area contributed by atoms with Crippen molar-refractivity contribution in [2.75, 3.05) is 0 Å². The average Bonchev–Trinajstić information content (AvgIpc) is 2.93. The number of nitrogens with one attached hydrogen (secondary N) is 1. The Morgan fingerprint density at radius 1 is 0.846 bits per heavy atom. The Labute approximate surface area is 223 Å². The van der Waals surface area contributed by atoms with Crippen molar-refractivity contribution in [2.24, 2.45) is 0 Å². The van der Waals surface area contributed by atoms with Crippen molar-refractivity contribution in [1.29, 1.82) is 0 Å². The Bertz CT molecular complexity index is 1440. The van der Waals surface area contributed by atoms with Gasteiger partial charge in [0.05, 0.1) is 23.8 Å². The molecule has 6 nitrogen and oxygen atoms in total. The van der Waals surface area contributed by atoms with E-state index in [1.165, 1.54) is 18.2 Å². The molecular weight excluding hydrogens is 511 g/mol. The van der Waals surface area contributed by atoms with Gasteiger partial charge in [-0.25, -0.2) is 4.79 Å². The number of hydrogen-bond donors (Lipinski definition) is 2. The van der Waals surface area contributed by atoms with E-state index in [0.29, 0.717) is 10.9 Å². The maximum atomic E-state index is 13.3. The zero-order valence-electron chi connectivity index (χ0n) is 20.9. The molecule has 0 radical (unpaired) electrons. The Hall–Kier alpha value is -4.37. The lowest BCUT2D eigenvalue weighted by Gasteiger charge is -2.23. The molecule has 0 aliphatic carbocycles. The van der Waals surface area contributed by atoms with E-state index in [0.717, 1.165) is 23.1 Å². The Morgan fingerprint density at radius 2 is 1.49 bits per heavy atom. The quantitative estimate of drug-likeness (QED) is 0.251. The van der Waals surface area contributed by atoms with E-state index < -0.39 is 35.8 Å². The average molecular weight is 538 g/mol. The summed E-state index contributed by atoms with van der Waals surface area (Å²) >= 11 is 0. The number of aliphatic carboxylic acids is 1. The molecule has 0 fully saturated rings. The van der Waals surface area contributed by atoms with Gasteiger partial charge >= 0.3 is 12.1 Å². The van der Waals surface area contributed by atoms with Crippen LogP contribution in [0, 0.1) is 0 Å². The predicted octanol–water partition coefficient (Wildman–Crippen LogP) is 6.23. The molecule has 4 aromatic rings. The van der Waals surface area contributed by atoms with Gasteiger partial charge in [-0.2, -0.15) is 13.2 Å². The summed E-state index contributed by atoms with van der Waals surface area (Å²) < 4.78 is 50.4. The third-order valence-electron chi connectivity index (χ3n) is 6.17. The molecule has 0 saturated heterocycles. The molecule has 0 saturated carbocycles. The van der Waals surface area contributed by atoms with E-state index in [1.807, 2.05) is 42.5 Å². The molecule has 0 heterocycles. The number of ether oxygens (including phenoxy) is 2. The highest BCUT2D eigenvalue weighted by molar-refractivity contribution is 6.04. The fourth-order valence-corrected chi connectivity index (χ4v) is 4.02. The molecule has 0 bridgehead atoms. The minimum absolute atomic E-state index is 0.0853. The van der Waals surface area contributed by atoms with Crippen LogP contribution in [-0.4, -0.2) is 29.1 Å². The van der Waals surface area contributed by atoms with E-state index in [9.17, 15) is 27.9 Å². The first-order valence-corrected chi connectivity index (χ1v) is 12.1. The van der Waals surface area contributed by atoms with Crippen LogP contribution in [0.4, 0.5) is 13.2 Å². The van der Waals surface area contributed by atoms with E-state index in [2.05, 4.69) is 5.32 Å². The van der Waals surface area contributed by atoms with Crippen molar-refractivity contribution >= 4 is 22.6 Å². The topological polar surface area (TPSA) is 84.9 Å². The third-order valence-corrected chi connectivity index (χ3v) is 6.17. The van der Waals surface area contributed by atoms with Crippen LogP contribution in [-0.2, 0) is 28.9 Å². The van der Waals surface area contributed by atoms with Gasteiger partial charge in [0.2, 0.25) is 0 Å². The monoisotopic (exact) mass is 537 g/mol. The van der Waals surface area contributed by atoms with Crippen molar-refractivity contribution in [3.05, 3.63) is 113 Å². The molecule has 0 aliphatic rings. The molecule has 4 rings (SSSR count). The maximum absolute atomic E-state index is 13.3. The molecule has 202 valence electrons. The van der Waals surface area contributed by atoms with Gasteiger partial charge in [-0.3, -0.25) is 4.79 Å². The fourth-order valence-electron chi connectivity index (χ4n) is 4.02. The zero-order valence-corrected chi connectivity index (χ0v) is 20.9. The van der Waals surface area contributed by atoms with Gasteiger partial charge in [0.25, 0.3) is 5.91 Å². The first kappa shape index (κ1) is 27.7. The van der Waals surface area contributed by atoms with Gasteiger partial charge in [-0.15, -0.1) is 0 Å². The summed E-state index contributed by atoms with van der Waals surface area (Å²) in [5.74, 6) is -1.77. The van der Waals surface area contributed by atoms with Gasteiger partial charge in [0.1, 0.15) is 12.4 Å². The number of hydrogen-bond acceptors (Lipinski definition) is 4. The van der Waals surface area contributed by atoms with E-state index >= 15 is 0 Å². The summed E-state index contributed by atoms with van der Waals surface area (Å²) in [4.78, 5) is 25.4. The van der Waals surface area contributed by atoms with E-state index in [-0.39, 0.29) is 24.5 Å². The van der Waals surface area contributed by atoms with Crippen molar-refractivity contribution in [1.82, 2.24) is 5.32 Å². The smallest absolute Gasteiger partial charge is 0.416 e. The van der Waals surface area contributed by atoms with Crippen molar-refractivity contribution in [2.45, 2.75) is 38.5 Å². The number of rotatable bonds is 10. The molecule has 39 heavy (non-hydrogen) atoms. The van der Waals surface area contributed by atoms with Crippen LogP contribution in [0.5, 0.6) is 5.75 Å². The summed E-state index contributed by atoms with van der Waals surface area (Å²) in [6, 6.07) is 22.8. The molecule has 0 spiro atoms. The first-order valence-electron chi connectivity index (χ1n) is 12.1. The summed E-state index contributed by atoms with van der Waals surface area (Å²) in [5.41, 5.74) is 0.629. The molecule has 9 heteroatoms. The lowest BCUT2D eigenvalue weighted by Crippen LogP contribution is -2.48. The number of carboxylic acids is 1. The van der Waals surface area contributed by atoms with Crippen molar-refractivity contribution < 1.29 is 37.3 Å². The Balaban J connectivity index is 1.55. The highest BCUT2D eigenvalue weighted by Crippen LogP contribution is 2.32. The van der Waals surface area contributed by atoms with Gasteiger partial charge in [-0.1, -0.05) is 72.8 Å². The maximum Gasteiger partial charge on any atom is 0.416 e. The standard InChI is InChI=1S/C30H26F3NO5/c1-19(38-17-20-7-3-2-4-8-20)26(29(36)37)34-28(35)25-16-13-22-9-5-6-10-24(22)27(25)39-18-21-11-14-23(15-12-21)30(31,32)33/h2-16,19,26H,17-18H2,1H3,(H,34,35)(H,36,37)/t19-,26?/m1/s1. The number of amides is 1. The fraction of sp³-hybridized carbons (Fsp3) is 0.200. The van der Waals surface area contributed by atoms with Gasteiger partial charge in [-0.05, 0) is 41.6 Å². The second-order valence-corrected chi connectivity index (χ2v) is 8.94. The summed E-state index contributed by atoms with van der Waals surface area (Å²) in [6.07, 6.45) is -5.31. The number of halogens is 3. The number of carbonyl (C=O) groups is 2. The highest BCUT2D eigenvalue weighted by Gasteiger charge is 2.31. The molecule has 2 N–H and O–H groups in total. The summed E-state index contributed by atoms with van der Waals surface area (Å²) in [6.45, 7) is 1.62. The Morgan fingerprint density at radius 3 is 2.15 bits per heavy atom. The Kier molecular flexibility index (Phi) is 8.51. The molecule has 4 aromatic carbocycles. The van der Waals surface area contributed by atoms with Crippen LogP contribution in [0.2, 0.25) is 0 Å². The number of carboxylic acid groups (broad SMARTS) is 1. The van der Waals surface area contributed by atoms with Crippen LogP contribution in [0.1, 0.15) is 34.0 Å². The molecule has 1 amide bonds. The zero-order chi connectivity index (χ0) is 28.0. The first-order chi connectivity index (χ1) is 18.6.